The third kappa shape index (κ3) is 5.30. The Labute approximate surface area is 183 Å². The molecule has 162 valence electrons. The molecule has 0 radical (unpaired) electrons. The number of nitrogens with zero attached hydrogens (tertiary/aromatic N) is 4. The van der Waals surface area contributed by atoms with E-state index >= 15 is 0 Å². The molecule has 1 aliphatic heterocycles. The smallest absolute Gasteiger partial charge is 0.130 e. The van der Waals surface area contributed by atoms with E-state index in [-0.39, 0.29) is 6.04 Å². The normalized spacial score (nSPS) is 14.9. The standard InChI is InChI=1S/C24H29N5O2/c1-17(14-20-6-4-5-7-22(20)30-3)26-23-16-21(27-18(2)28-23)19-8-9-25-24(15-19)29-10-12-31-13-11-29/h4-9,15-17H,10-14H2,1-3H3,(H,26,27,28)/t17-/m0/s1. The molecule has 1 aliphatic rings. The highest BCUT2D eigenvalue weighted by Crippen LogP contribution is 2.25. The molecule has 0 bridgehead atoms. The SMILES string of the molecule is COc1ccccc1C[C@H](C)Nc1cc(-c2ccnc(N3CCOCC3)c2)nc(C)n1. The highest BCUT2D eigenvalue weighted by molar-refractivity contribution is 5.66. The van der Waals surface area contributed by atoms with Gasteiger partial charge in [-0.25, -0.2) is 15.0 Å². The van der Waals surface area contributed by atoms with Gasteiger partial charge in [-0.1, -0.05) is 18.2 Å². The van der Waals surface area contributed by atoms with Crippen LogP contribution in [0.3, 0.4) is 0 Å². The van der Waals surface area contributed by atoms with Gasteiger partial charge in [0.05, 0.1) is 26.0 Å². The molecular weight excluding hydrogens is 390 g/mol. The highest BCUT2D eigenvalue weighted by Gasteiger charge is 2.15. The average Bonchev–Trinajstić information content (AvgIpc) is 2.79. The van der Waals surface area contributed by atoms with Crippen molar-refractivity contribution in [3.05, 3.63) is 60.0 Å². The predicted molar refractivity (Wildman–Crippen MR) is 123 cm³/mol. The Balaban J connectivity index is 1.52. The van der Waals surface area contributed by atoms with Crippen LogP contribution < -0.4 is 15.0 Å². The quantitative estimate of drug-likeness (QED) is 0.625. The summed E-state index contributed by atoms with van der Waals surface area (Å²) in [5.41, 5.74) is 3.08. The third-order valence-corrected chi connectivity index (χ3v) is 5.33. The van der Waals surface area contributed by atoms with Gasteiger partial charge in [-0.2, -0.15) is 0 Å². The Hall–Kier alpha value is -3.19. The number of methoxy groups -OCH3 is 1. The fraction of sp³-hybridized carbons (Fsp3) is 0.375. The maximum Gasteiger partial charge on any atom is 0.130 e. The summed E-state index contributed by atoms with van der Waals surface area (Å²) in [6.45, 7) is 7.24. The number of aryl methyl sites for hydroxylation is 1. The van der Waals surface area contributed by atoms with Gasteiger partial charge in [-0.05, 0) is 44.0 Å². The molecular formula is C24H29N5O2. The minimum atomic E-state index is 0.180. The Kier molecular flexibility index (Phi) is 6.62. The van der Waals surface area contributed by atoms with Gasteiger partial charge in [0.15, 0.2) is 0 Å². The summed E-state index contributed by atoms with van der Waals surface area (Å²) in [5.74, 6) is 3.41. The van der Waals surface area contributed by atoms with Gasteiger partial charge in [0.1, 0.15) is 23.2 Å². The van der Waals surface area contributed by atoms with E-state index in [2.05, 4.69) is 44.2 Å². The predicted octanol–water partition coefficient (Wildman–Crippen LogP) is 3.74. The van der Waals surface area contributed by atoms with Crippen LogP contribution >= 0.6 is 0 Å². The topological polar surface area (TPSA) is 72.4 Å². The van der Waals surface area contributed by atoms with Crippen molar-refractivity contribution in [3.8, 4) is 17.0 Å². The number of benzene rings is 1. The van der Waals surface area contributed by atoms with Gasteiger partial charge in [0.2, 0.25) is 0 Å². The van der Waals surface area contributed by atoms with E-state index in [1.807, 2.05) is 43.5 Å². The summed E-state index contributed by atoms with van der Waals surface area (Å²) in [5, 5.41) is 3.52. The molecule has 1 atom stereocenters. The lowest BCUT2D eigenvalue weighted by atomic mass is 10.1. The second-order valence-corrected chi connectivity index (χ2v) is 7.75. The van der Waals surface area contributed by atoms with Crippen molar-refractivity contribution in [2.24, 2.45) is 0 Å². The Morgan fingerprint density at radius 1 is 1.13 bits per heavy atom. The van der Waals surface area contributed by atoms with Gasteiger partial charge in [-0.15, -0.1) is 0 Å². The number of anilines is 2. The number of nitrogens with one attached hydrogen (secondary N) is 1. The molecule has 2 aromatic heterocycles. The lowest BCUT2D eigenvalue weighted by Crippen LogP contribution is -2.36. The minimum Gasteiger partial charge on any atom is -0.496 e. The van der Waals surface area contributed by atoms with Crippen molar-refractivity contribution in [1.82, 2.24) is 15.0 Å². The van der Waals surface area contributed by atoms with Crippen LogP contribution in [0.1, 0.15) is 18.3 Å². The van der Waals surface area contributed by atoms with Crippen molar-refractivity contribution in [2.75, 3.05) is 43.6 Å². The van der Waals surface area contributed by atoms with Crippen LogP contribution in [0, 0.1) is 6.92 Å². The Morgan fingerprint density at radius 2 is 1.94 bits per heavy atom. The number of morpholine rings is 1. The van der Waals surface area contributed by atoms with E-state index in [1.54, 1.807) is 7.11 Å². The molecule has 31 heavy (non-hydrogen) atoms. The molecule has 0 saturated carbocycles. The molecule has 0 aliphatic carbocycles. The van der Waals surface area contributed by atoms with Crippen LogP contribution in [-0.4, -0.2) is 54.4 Å². The first-order valence-electron chi connectivity index (χ1n) is 10.7. The number of hydrogen-bond acceptors (Lipinski definition) is 7. The van der Waals surface area contributed by atoms with Gasteiger partial charge < -0.3 is 19.7 Å². The molecule has 3 aromatic rings. The van der Waals surface area contributed by atoms with Crippen molar-refractivity contribution in [2.45, 2.75) is 26.3 Å². The van der Waals surface area contributed by atoms with Crippen LogP contribution in [0.25, 0.3) is 11.3 Å². The second-order valence-electron chi connectivity index (χ2n) is 7.75. The zero-order valence-corrected chi connectivity index (χ0v) is 18.3. The number of aromatic nitrogens is 3. The largest absolute Gasteiger partial charge is 0.496 e. The summed E-state index contributed by atoms with van der Waals surface area (Å²) >= 11 is 0. The van der Waals surface area contributed by atoms with Crippen molar-refractivity contribution in [3.63, 3.8) is 0 Å². The fourth-order valence-electron chi connectivity index (χ4n) is 3.84. The highest BCUT2D eigenvalue weighted by atomic mass is 16.5. The van der Waals surface area contributed by atoms with Gasteiger partial charge in [-0.3, -0.25) is 0 Å². The van der Waals surface area contributed by atoms with Crippen LogP contribution in [-0.2, 0) is 11.2 Å². The van der Waals surface area contributed by atoms with Crippen LogP contribution in [0.5, 0.6) is 5.75 Å². The van der Waals surface area contributed by atoms with E-state index in [9.17, 15) is 0 Å². The summed E-state index contributed by atoms with van der Waals surface area (Å²) in [6.07, 6.45) is 2.67. The van der Waals surface area contributed by atoms with Gasteiger partial charge in [0, 0.05) is 37.0 Å². The Bertz CT molecular complexity index is 1020. The number of rotatable bonds is 7. The van der Waals surface area contributed by atoms with Crippen LogP contribution in [0.2, 0.25) is 0 Å². The second kappa shape index (κ2) is 9.75. The Morgan fingerprint density at radius 3 is 2.74 bits per heavy atom. The average molecular weight is 420 g/mol. The van der Waals surface area contributed by atoms with Gasteiger partial charge in [0.25, 0.3) is 0 Å². The fourth-order valence-corrected chi connectivity index (χ4v) is 3.84. The summed E-state index contributed by atoms with van der Waals surface area (Å²) in [7, 11) is 1.71. The molecule has 7 heteroatoms. The first kappa shape index (κ1) is 21.1. The number of para-hydroxylation sites is 1. The first-order valence-corrected chi connectivity index (χ1v) is 10.7. The summed E-state index contributed by atoms with van der Waals surface area (Å²) in [4.78, 5) is 16.1. The molecule has 1 aromatic carbocycles. The molecule has 0 amide bonds. The third-order valence-electron chi connectivity index (χ3n) is 5.33. The molecule has 3 heterocycles. The van der Waals surface area contributed by atoms with E-state index in [4.69, 9.17) is 9.47 Å². The maximum atomic E-state index is 5.48. The zero-order valence-electron chi connectivity index (χ0n) is 18.3. The van der Waals surface area contributed by atoms with Crippen LogP contribution in [0.15, 0.2) is 48.7 Å². The summed E-state index contributed by atoms with van der Waals surface area (Å²) in [6, 6.07) is 14.4. The number of pyridine rings is 1. The molecule has 0 unspecified atom stereocenters. The maximum absolute atomic E-state index is 5.48. The van der Waals surface area contributed by atoms with E-state index in [0.29, 0.717) is 0 Å². The van der Waals surface area contributed by atoms with E-state index in [0.717, 1.165) is 67.2 Å². The zero-order chi connectivity index (χ0) is 21.6. The molecule has 0 spiro atoms. The van der Waals surface area contributed by atoms with Gasteiger partial charge >= 0.3 is 0 Å². The molecule has 1 N–H and O–H groups in total. The number of ether oxygens (including phenoxy) is 2. The van der Waals surface area contributed by atoms with Crippen LogP contribution in [0.4, 0.5) is 11.6 Å². The minimum absolute atomic E-state index is 0.180. The number of hydrogen-bond donors (Lipinski definition) is 1. The molecule has 1 saturated heterocycles. The first-order chi connectivity index (χ1) is 15.1. The van der Waals surface area contributed by atoms with E-state index in [1.165, 1.54) is 5.56 Å². The van der Waals surface area contributed by atoms with Crippen molar-refractivity contribution >= 4 is 11.6 Å². The molecule has 1 fully saturated rings. The molecule has 4 rings (SSSR count). The van der Waals surface area contributed by atoms with Crippen molar-refractivity contribution in [1.29, 1.82) is 0 Å². The van der Waals surface area contributed by atoms with Crippen molar-refractivity contribution < 1.29 is 9.47 Å². The van der Waals surface area contributed by atoms with E-state index < -0.39 is 0 Å². The lowest BCUT2D eigenvalue weighted by molar-refractivity contribution is 0.122. The monoisotopic (exact) mass is 419 g/mol. The molecule has 7 nitrogen and oxygen atoms in total. The summed E-state index contributed by atoms with van der Waals surface area (Å²) < 4.78 is 10.9. The lowest BCUT2D eigenvalue weighted by Gasteiger charge is -2.28.